The summed E-state index contributed by atoms with van der Waals surface area (Å²) in [4.78, 5) is 49.4. The Morgan fingerprint density at radius 2 is 2.04 bits per heavy atom. The molecule has 144 valence electrons. The van der Waals surface area contributed by atoms with Gasteiger partial charge in [-0.15, -0.1) is 0 Å². The molecule has 27 heavy (non-hydrogen) atoms. The molecule has 9 heteroatoms. The number of hydrogen-bond donors (Lipinski definition) is 1. The van der Waals surface area contributed by atoms with E-state index in [4.69, 9.17) is 9.47 Å². The number of urea groups is 1. The highest BCUT2D eigenvalue weighted by molar-refractivity contribution is 6.09. The number of Topliss-reactive ketones (excluding diaryl/α,β-unsaturated/α-hetero) is 1. The third kappa shape index (κ3) is 3.62. The number of ether oxygens (including phenoxy) is 2. The lowest BCUT2D eigenvalue weighted by Gasteiger charge is -2.20. The zero-order chi connectivity index (χ0) is 19.8. The Morgan fingerprint density at radius 3 is 2.67 bits per heavy atom. The van der Waals surface area contributed by atoms with Gasteiger partial charge in [-0.1, -0.05) is 0 Å². The van der Waals surface area contributed by atoms with Crippen molar-refractivity contribution in [2.45, 2.75) is 25.3 Å². The minimum absolute atomic E-state index is 0.0667. The first-order chi connectivity index (χ1) is 12.8. The van der Waals surface area contributed by atoms with Gasteiger partial charge < -0.3 is 14.8 Å². The monoisotopic (exact) mass is 378 g/mol. The van der Waals surface area contributed by atoms with Crippen LogP contribution in [0, 0.1) is 11.7 Å². The van der Waals surface area contributed by atoms with E-state index in [0.717, 1.165) is 29.9 Å². The lowest BCUT2D eigenvalue weighted by Crippen LogP contribution is -2.46. The molecule has 1 saturated carbocycles. The molecule has 0 aromatic heterocycles. The molecule has 1 aliphatic heterocycles. The second-order valence-electron chi connectivity index (χ2n) is 6.73. The van der Waals surface area contributed by atoms with Crippen molar-refractivity contribution in [2.75, 3.05) is 20.3 Å². The third-order valence-corrected chi connectivity index (χ3v) is 4.81. The van der Waals surface area contributed by atoms with Crippen molar-refractivity contribution in [2.24, 2.45) is 5.92 Å². The van der Waals surface area contributed by atoms with E-state index in [0.29, 0.717) is 0 Å². The van der Waals surface area contributed by atoms with Gasteiger partial charge in [0, 0.05) is 0 Å². The molecule has 1 aliphatic carbocycles. The van der Waals surface area contributed by atoms with Gasteiger partial charge in [0.25, 0.3) is 5.91 Å². The normalized spacial score (nSPS) is 21.8. The van der Waals surface area contributed by atoms with Crippen molar-refractivity contribution in [3.8, 4) is 5.75 Å². The smallest absolute Gasteiger partial charge is 0.326 e. The Labute approximate surface area is 154 Å². The van der Waals surface area contributed by atoms with E-state index < -0.39 is 48.2 Å². The summed E-state index contributed by atoms with van der Waals surface area (Å²) in [6.07, 6.45) is 1.68. The summed E-state index contributed by atoms with van der Waals surface area (Å²) in [5.41, 5.74) is -1.07. The number of esters is 1. The Morgan fingerprint density at radius 1 is 1.33 bits per heavy atom. The molecular formula is C18H19FN2O6. The summed E-state index contributed by atoms with van der Waals surface area (Å²) in [5.74, 6) is -2.49. The highest BCUT2D eigenvalue weighted by Gasteiger charge is 2.56. The minimum atomic E-state index is -0.998. The van der Waals surface area contributed by atoms with Crippen LogP contribution in [0.1, 0.15) is 30.1 Å². The van der Waals surface area contributed by atoms with Crippen LogP contribution in [0.4, 0.5) is 9.18 Å². The summed E-state index contributed by atoms with van der Waals surface area (Å²) in [7, 11) is 1.32. The number of ketones is 1. The number of benzene rings is 1. The number of carbonyl (C=O) groups excluding carboxylic acids is 4. The predicted molar refractivity (Wildman–Crippen MR) is 89.6 cm³/mol. The van der Waals surface area contributed by atoms with Crippen molar-refractivity contribution < 1.29 is 33.0 Å². The topological polar surface area (TPSA) is 102 Å². The van der Waals surface area contributed by atoms with Crippen LogP contribution < -0.4 is 10.1 Å². The van der Waals surface area contributed by atoms with Crippen LogP contribution in [0.5, 0.6) is 5.75 Å². The molecule has 0 radical (unpaired) electrons. The second kappa shape index (κ2) is 6.98. The van der Waals surface area contributed by atoms with Gasteiger partial charge in [-0.25, -0.2) is 9.18 Å². The fraction of sp³-hybridized carbons (Fsp3) is 0.444. The Balaban J connectivity index is 1.59. The fourth-order valence-electron chi connectivity index (χ4n) is 3.09. The molecule has 1 N–H and O–H groups in total. The summed E-state index contributed by atoms with van der Waals surface area (Å²) in [5, 5.41) is 2.61. The molecule has 2 fully saturated rings. The molecule has 1 aromatic carbocycles. The van der Waals surface area contributed by atoms with Gasteiger partial charge in [0.05, 0.1) is 12.7 Å². The van der Waals surface area contributed by atoms with Crippen LogP contribution in [0.3, 0.4) is 0 Å². The molecule has 3 rings (SSSR count). The number of imide groups is 1. The van der Waals surface area contributed by atoms with Crippen molar-refractivity contribution in [1.82, 2.24) is 10.2 Å². The van der Waals surface area contributed by atoms with Gasteiger partial charge in [-0.3, -0.25) is 19.3 Å². The molecule has 0 spiro atoms. The Kier molecular flexibility index (Phi) is 4.86. The molecule has 3 amide bonds. The summed E-state index contributed by atoms with van der Waals surface area (Å²) in [6.45, 7) is 0.374. The van der Waals surface area contributed by atoms with Gasteiger partial charge >= 0.3 is 12.0 Å². The van der Waals surface area contributed by atoms with E-state index in [2.05, 4.69) is 5.32 Å². The largest absolute Gasteiger partial charge is 0.496 e. The zero-order valence-corrected chi connectivity index (χ0v) is 14.9. The molecule has 2 aliphatic rings. The molecular weight excluding hydrogens is 359 g/mol. The maximum Gasteiger partial charge on any atom is 0.326 e. The fourth-order valence-corrected chi connectivity index (χ4v) is 3.09. The average Bonchev–Trinajstić information content (AvgIpc) is 3.46. The van der Waals surface area contributed by atoms with Crippen LogP contribution in [-0.4, -0.2) is 54.4 Å². The van der Waals surface area contributed by atoms with Crippen molar-refractivity contribution in [1.29, 1.82) is 0 Å². The van der Waals surface area contributed by atoms with Crippen molar-refractivity contribution in [3.63, 3.8) is 0 Å². The molecule has 1 unspecified atom stereocenters. The first kappa shape index (κ1) is 18.8. The van der Waals surface area contributed by atoms with Crippen LogP contribution in [0.2, 0.25) is 0 Å². The van der Waals surface area contributed by atoms with Gasteiger partial charge in [0.1, 0.15) is 23.7 Å². The number of nitrogens with one attached hydrogen (secondary N) is 1. The van der Waals surface area contributed by atoms with Crippen LogP contribution in [0.15, 0.2) is 18.2 Å². The second-order valence-corrected chi connectivity index (χ2v) is 6.73. The maximum absolute atomic E-state index is 13.3. The predicted octanol–water partition coefficient (Wildman–Crippen LogP) is 1.28. The van der Waals surface area contributed by atoms with Crippen molar-refractivity contribution in [3.05, 3.63) is 29.6 Å². The third-order valence-electron chi connectivity index (χ3n) is 4.81. The molecule has 1 saturated heterocycles. The summed E-state index contributed by atoms with van der Waals surface area (Å²) < 4.78 is 23.2. The number of methoxy groups -OCH3 is 1. The highest BCUT2D eigenvalue weighted by Crippen LogP contribution is 2.42. The zero-order valence-electron chi connectivity index (χ0n) is 14.9. The number of nitrogens with zero attached hydrogens (tertiary/aromatic N) is 1. The number of carbonyl (C=O) groups is 4. The van der Waals surface area contributed by atoms with Gasteiger partial charge in [-0.2, -0.15) is 0 Å². The Bertz CT molecular complexity index is 822. The van der Waals surface area contributed by atoms with E-state index in [9.17, 15) is 23.6 Å². The summed E-state index contributed by atoms with van der Waals surface area (Å²) in [6, 6.07) is 2.74. The number of halogens is 1. The SMILES string of the molecule is COc1ccc(F)cc1C(=O)COC(=O)CN1C(=O)NC(C)(C2CC2)C1=O. The van der Waals surface area contributed by atoms with Gasteiger partial charge in [0.2, 0.25) is 5.78 Å². The molecule has 1 aromatic rings. The van der Waals surface area contributed by atoms with Crippen LogP contribution in [0.25, 0.3) is 0 Å². The van der Waals surface area contributed by atoms with E-state index in [1.165, 1.54) is 13.2 Å². The van der Waals surface area contributed by atoms with Crippen LogP contribution >= 0.6 is 0 Å². The van der Waals surface area contributed by atoms with E-state index in [-0.39, 0.29) is 17.2 Å². The first-order valence-corrected chi connectivity index (χ1v) is 8.42. The number of rotatable bonds is 7. The van der Waals surface area contributed by atoms with E-state index in [1.807, 2.05) is 0 Å². The van der Waals surface area contributed by atoms with Gasteiger partial charge in [0.15, 0.2) is 6.61 Å². The van der Waals surface area contributed by atoms with E-state index >= 15 is 0 Å². The summed E-state index contributed by atoms with van der Waals surface area (Å²) >= 11 is 0. The van der Waals surface area contributed by atoms with Gasteiger partial charge in [-0.05, 0) is 43.9 Å². The number of amides is 3. The van der Waals surface area contributed by atoms with E-state index in [1.54, 1.807) is 6.92 Å². The highest BCUT2D eigenvalue weighted by atomic mass is 19.1. The van der Waals surface area contributed by atoms with Crippen molar-refractivity contribution >= 4 is 23.7 Å². The minimum Gasteiger partial charge on any atom is -0.496 e. The Hall–Kier alpha value is -2.97. The average molecular weight is 378 g/mol. The molecule has 8 nitrogen and oxygen atoms in total. The molecule has 1 heterocycles. The quantitative estimate of drug-likeness (QED) is 0.436. The molecule has 0 bridgehead atoms. The lowest BCUT2D eigenvalue weighted by molar-refractivity contribution is -0.146. The molecule has 1 atom stereocenters. The van der Waals surface area contributed by atoms with Crippen LogP contribution in [-0.2, 0) is 14.3 Å². The standard InChI is InChI=1S/C18H19FN2O6/c1-18(10-3-4-10)16(24)21(17(25)20-18)8-15(23)27-9-13(22)12-7-11(19)5-6-14(12)26-2/h5-7,10H,3-4,8-9H2,1-2H3,(H,20,25). The number of hydrogen-bond acceptors (Lipinski definition) is 6. The maximum atomic E-state index is 13.3. The first-order valence-electron chi connectivity index (χ1n) is 8.42. The lowest BCUT2D eigenvalue weighted by atomic mass is 9.96.